The maximum atomic E-state index is 11.8. The van der Waals surface area contributed by atoms with Gasteiger partial charge in [0.2, 0.25) is 5.82 Å². The van der Waals surface area contributed by atoms with Gasteiger partial charge in [0.25, 0.3) is 5.56 Å². The molecule has 0 aliphatic heterocycles. The van der Waals surface area contributed by atoms with Crippen LogP contribution in [0.2, 0.25) is 0 Å². The third-order valence-electron chi connectivity index (χ3n) is 4.48. The average Bonchev–Trinajstić information content (AvgIpc) is 3.28. The maximum Gasteiger partial charge on any atom is 0.372 e. The van der Waals surface area contributed by atoms with Crippen LogP contribution in [0.25, 0.3) is 10.2 Å². The van der Waals surface area contributed by atoms with E-state index in [1.54, 1.807) is 12.1 Å². The van der Waals surface area contributed by atoms with Crippen LogP contribution in [0.3, 0.4) is 0 Å². The quantitative estimate of drug-likeness (QED) is 0.439. The van der Waals surface area contributed by atoms with Crippen LogP contribution in [0.4, 0.5) is 0 Å². The van der Waals surface area contributed by atoms with E-state index in [-0.39, 0.29) is 29.5 Å². The summed E-state index contributed by atoms with van der Waals surface area (Å²) in [5.74, 6) is -1.84. The molecule has 0 saturated carbocycles. The smallest absolute Gasteiger partial charge is 0.372 e. The predicted molar refractivity (Wildman–Crippen MR) is 114 cm³/mol. The van der Waals surface area contributed by atoms with Gasteiger partial charge in [0, 0.05) is 4.88 Å². The molecule has 4 rings (SSSR count). The Kier molecular flexibility index (Phi) is 7.54. The first-order chi connectivity index (χ1) is 13.8. The van der Waals surface area contributed by atoms with Crippen molar-refractivity contribution in [1.82, 2.24) is 9.97 Å². The van der Waals surface area contributed by atoms with E-state index in [9.17, 15) is 14.4 Å². The number of ether oxygens (including phenoxy) is 1. The molecule has 11 heteroatoms. The minimum Gasteiger partial charge on any atom is -0.508 e. The summed E-state index contributed by atoms with van der Waals surface area (Å²) in [6, 6.07) is 5.31. The molecule has 2 aromatic heterocycles. The summed E-state index contributed by atoms with van der Waals surface area (Å²) in [6.07, 6.45) is 2.93. The number of aromatic carboxylic acids is 1. The molecule has 1 aliphatic rings. The number of phenols is 1. The normalized spacial score (nSPS) is 12.9. The highest BCUT2D eigenvalue weighted by Crippen LogP contribution is 2.34. The molecule has 2 heterocycles. The summed E-state index contributed by atoms with van der Waals surface area (Å²) in [4.78, 5) is 41.5. The summed E-state index contributed by atoms with van der Waals surface area (Å²) in [5, 5.41) is 18.4. The van der Waals surface area contributed by atoms with Crippen molar-refractivity contribution in [2.45, 2.75) is 25.3 Å². The summed E-state index contributed by atoms with van der Waals surface area (Å²) < 4.78 is 4.47. The van der Waals surface area contributed by atoms with Crippen molar-refractivity contribution < 1.29 is 24.5 Å². The molecule has 0 unspecified atom stereocenters. The van der Waals surface area contributed by atoms with Gasteiger partial charge in [0.1, 0.15) is 16.6 Å². The lowest BCUT2D eigenvalue weighted by atomic mass is 10.1. The van der Waals surface area contributed by atoms with Crippen LogP contribution in [0.15, 0.2) is 29.1 Å². The highest BCUT2D eigenvalue weighted by Gasteiger charge is 2.22. The van der Waals surface area contributed by atoms with Gasteiger partial charge in [0.05, 0.1) is 12.5 Å². The van der Waals surface area contributed by atoms with Gasteiger partial charge in [-0.2, -0.15) is 0 Å². The summed E-state index contributed by atoms with van der Waals surface area (Å²) in [6.45, 7) is 0. The number of carboxylic acid groups (broad SMARTS) is 1. The molecule has 160 valence electrons. The molecule has 0 saturated heterocycles. The van der Waals surface area contributed by atoms with Crippen LogP contribution in [0.5, 0.6) is 5.75 Å². The number of benzene rings is 1. The minimum atomic E-state index is -1.20. The number of methoxy groups -OCH3 is 1. The number of fused-ring (bicyclic) bond motifs is 3. The Morgan fingerprint density at radius 2 is 1.93 bits per heavy atom. The number of aromatic hydroxyl groups is 1. The summed E-state index contributed by atoms with van der Waals surface area (Å²) >= 11 is 1.44. The molecule has 1 aliphatic carbocycles. The second kappa shape index (κ2) is 9.70. The Bertz CT molecular complexity index is 1130. The lowest BCUT2D eigenvalue weighted by Gasteiger charge is -2.08. The number of aryl methyl sites for hydroxylation is 2. The Morgan fingerprint density at radius 3 is 2.53 bits per heavy atom. The zero-order chi connectivity index (χ0) is 21.1. The first kappa shape index (κ1) is 23.3. The molecule has 0 bridgehead atoms. The number of H-pyrrole nitrogens is 1. The van der Waals surface area contributed by atoms with Gasteiger partial charge < -0.3 is 25.7 Å². The standard InChI is InChI=1S/C10H8N2O3S.C9H11NO3.ClH/c13-8-6-4-2-1-3-5(4)16-9(6)12-7(11-8)10(14)15;1-13-9(12)8(10)6-2-4-7(11)5-3-6;/h1-3H2,(H,14,15)(H,11,12,13);2-5,8,11H,10H2,1H3;1H/t;8-;/m.1./s1. The monoisotopic (exact) mass is 453 g/mol. The van der Waals surface area contributed by atoms with Crippen LogP contribution < -0.4 is 11.3 Å². The number of thiophene rings is 1. The van der Waals surface area contributed by atoms with Crippen LogP contribution in [0.1, 0.15) is 39.1 Å². The molecule has 9 nitrogen and oxygen atoms in total. The number of carboxylic acids is 1. The molecule has 0 fully saturated rings. The summed E-state index contributed by atoms with van der Waals surface area (Å²) in [5.41, 5.74) is 6.89. The number of halogens is 1. The van der Waals surface area contributed by atoms with E-state index < -0.39 is 18.0 Å². The van der Waals surface area contributed by atoms with Gasteiger partial charge in [-0.05, 0) is 42.5 Å². The second-order valence-corrected chi connectivity index (χ2v) is 7.43. The van der Waals surface area contributed by atoms with Gasteiger partial charge in [-0.15, -0.1) is 23.7 Å². The Labute approximate surface area is 180 Å². The predicted octanol–water partition coefficient (Wildman–Crippen LogP) is 2.16. The fourth-order valence-electron chi connectivity index (χ4n) is 3.05. The number of carbonyl (C=O) groups excluding carboxylic acids is 1. The number of rotatable bonds is 3. The number of hydrogen-bond donors (Lipinski definition) is 4. The average molecular weight is 454 g/mol. The number of nitrogens with one attached hydrogen (secondary N) is 1. The Morgan fingerprint density at radius 1 is 1.27 bits per heavy atom. The molecule has 0 spiro atoms. The van der Waals surface area contributed by atoms with Gasteiger partial charge in [-0.3, -0.25) is 9.59 Å². The Hall–Kier alpha value is -2.95. The number of phenolic OH excluding ortho intramolecular Hbond substituents is 1. The van der Waals surface area contributed by atoms with Crippen LogP contribution >= 0.6 is 23.7 Å². The van der Waals surface area contributed by atoms with E-state index in [1.165, 1.54) is 35.5 Å². The third-order valence-corrected chi connectivity index (χ3v) is 5.67. The van der Waals surface area contributed by atoms with Crippen molar-refractivity contribution in [3.05, 3.63) is 56.4 Å². The fourth-order valence-corrected chi connectivity index (χ4v) is 4.31. The molecule has 5 N–H and O–H groups in total. The first-order valence-corrected chi connectivity index (χ1v) is 9.53. The lowest BCUT2D eigenvalue weighted by Crippen LogP contribution is -2.22. The van der Waals surface area contributed by atoms with Crippen molar-refractivity contribution in [3.8, 4) is 5.75 Å². The lowest BCUT2D eigenvalue weighted by molar-refractivity contribution is -0.142. The zero-order valence-electron chi connectivity index (χ0n) is 15.9. The first-order valence-electron chi connectivity index (χ1n) is 8.72. The second-order valence-electron chi connectivity index (χ2n) is 6.35. The number of aromatic nitrogens is 2. The molecular formula is C19H20ClN3O6S. The molecule has 1 aromatic carbocycles. The van der Waals surface area contributed by atoms with Crippen molar-refractivity contribution in [2.75, 3.05) is 7.11 Å². The largest absolute Gasteiger partial charge is 0.508 e. The fraction of sp³-hybridized carbons (Fsp3) is 0.263. The van der Waals surface area contributed by atoms with Gasteiger partial charge in [-0.25, -0.2) is 9.78 Å². The highest BCUT2D eigenvalue weighted by atomic mass is 35.5. The van der Waals surface area contributed by atoms with Gasteiger partial charge in [-0.1, -0.05) is 12.1 Å². The van der Waals surface area contributed by atoms with Crippen molar-refractivity contribution >= 4 is 45.9 Å². The molecule has 0 radical (unpaired) electrons. The van der Waals surface area contributed by atoms with E-state index in [2.05, 4.69) is 14.7 Å². The number of carbonyl (C=O) groups is 2. The van der Waals surface area contributed by atoms with Crippen LogP contribution in [0, 0.1) is 0 Å². The molecular weight excluding hydrogens is 434 g/mol. The maximum absolute atomic E-state index is 11.8. The van der Waals surface area contributed by atoms with Crippen molar-refractivity contribution in [2.24, 2.45) is 5.73 Å². The Balaban J connectivity index is 0.000000212. The molecule has 3 aromatic rings. The number of nitrogens with two attached hydrogens (primary N) is 1. The van der Waals surface area contributed by atoms with Crippen molar-refractivity contribution in [1.29, 1.82) is 0 Å². The molecule has 30 heavy (non-hydrogen) atoms. The third kappa shape index (κ3) is 4.78. The van der Waals surface area contributed by atoms with E-state index in [1.807, 2.05) is 0 Å². The van der Waals surface area contributed by atoms with Gasteiger partial charge in [0.15, 0.2) is 0 Å². The SMILES string of the molecule is COC(=O)[C@H](N)c1ccc(O)cc1.Cl.O=C(O)c1nc2sc3c(c2c(=O)[nH]1)CCC3. The van der Waals surface area contributed by atoms with E-state index in [0.29, 0.717) is 15.8 Å². The molecule has 1 atom stereocenters. The number of nitrogens with zero attached hydrogens (tertiary/aromatic N) is 1. The van der Waals surface area contributed by atoms with Crippen LogP contribution in [-0.4, -0.2) is 39.2 Å². The number of esters is 1. The topological polar surface area (TPSA) is 156 Å². The zero-order valence-corrected chi connectivity index (χ0v) is 17.5. The van der Waals surface area contributed by atoms with E-state index in [4.69, 9.17) is 15.9 Å². The number of hydrogen-bond acceptors (Lipinski definition) is 8. The van der Waals surface area contributed by atoms with E-state index >= 15 is 0 Å². The van der Waals surface area contributed by atoms with E-state index in [0.717, 1.165) is 24.8 Å². The highest BCUT2D eigenvalue weighted by molar-refractivity contribution is 7.18. The van der Waals surface area contributed by atoms with Crippen molar-refractivity contribution in [3.63, 3.8) is 0 Å². The minimum absolute atomic E-state index is 0. The number of aromatic amines is 1. The van der Waals surface area contributed by atoms with Crippen LogP contribution in [-0.2, 0) is 22.4 Å². The van der Waals surface area contributed by atoms with Gasteiger partial charge >= 0.3 is 11.9 Å². The molecule has 0 amide bonds. The summed E-state index contributed by atoms with van der Waals surface area (Å²) in [7, 11) is 1.28.